The minimum Gasteiger partial charge on any atom is -0.482 e. The number of aryl methyl sites for hydroxylation is 1. The molecule has 1 aliphatic heterocycles. The number of thiazole rings is 1. The van der Waals surface area contributed by atoms with Crippen LogP contribution in [0.1, 0.15) is 25.8 Å². The lowest BCUT2D eigenvalue weighted by atomic mass is 10.1. The van der Waals surface area contributed by atoms with E-state index < -0.39 is 0 Å². The molecule has 6 heteroatoms. The van der Waals surface area contributed by atoms with Gasteiger partial charge in [0.25, 0.3) is 5.91 Å². The van der Waals surface area contributed by atoms with Gasteiger partial charge < -0.3 is 14.6 Å². The smallest absolute Gasteiger partial charge is 0.262 e. The number of fused-ring (bicyclic) bond motifs is 1. The van der Waals surface area contributed by atoms with Crippen LogP contribution in [0.4, 0.5) is 11.4 Å². The summed E-state index contributed by atoms with van der Waals surface area (Å²) in [5, 5.41) is 5.04. The van der Waals surface area contributed by atoms with Crippen molar-refractivity contribution in [3.8, 4) is 17.0 Å². The van der Waals surface area contributed by atoms with E-state index in [-0.39, 0.29) is 12.5 Å². The van der Waals surface area contributed by atoms with E-state index in [1.165, 1.54) is 5.56 Å². The van der Waals surface area contributed by atoms with Crippen molar-refractivity contribution in [3.05, 3.63) is 58.2 Å². The third kappa shape index (κ3) is 4.43. The van der Waals surface area contributed by atoms with Gasteiger partial charge in [-0.15, -0.1) is 11.3 Å². The van der Waals surface area contributed by atoms with Gasteiger partial charge in [0.15, 0.2) is 11.4 Å². The van der Waals surface area contributed by atoms with Crippen LogP contribution in [0.25, 0.3) is 11.3 Å². The molecule has 5 nitrogen and oxygen atoms in total. The Morgan fingerprint density at radius 2 is 2.10 bits per heavy atom. The molecule has 0 atom stereocenters. The minimum atomic E-state index is -0.122. The number of rotatable bonds is 5. The molecule has 29 heavy (non-hydrogen) atoms. The number of ether oxygens (including phenoxy) is 1. The number of nitrogens with one attached hydrogen (secondary N) is 1. The fourth-order valence-electron chi connectivity index (χ4n) is 3.30. The van der Waals surface area contributed by atoms with Crippen LogP contribution in [0.2, 0.25) is 0 Å². The van der Waals surface area contributed by atoms with Gasteiger partial charge in [-0.1, -0.05) is 26.0 Å². The van der Waals surface area contributed by atoms with E-state index in [1.807, 2.05) is 30.3 Å². The summed E-state index contributed by atoms with van der Waals surface area (Å²) in [5.74, 6) is 1.18. The zero-order valence-electron chi connectivity index (χ0n) is 16.9. The van der Waals surface area contributed by atoms with Gasteiger partial charge in [0.05, 0.1) is 17.1 Å². The molecular formula is C23H25N3O2S. The zero-order valence-corrected chi connectivity index (χ0v) is 17.8. The molecule has 0 aliphatic carbocycles. The molecule has 0 saturated carbocycles. The maximum absolute atomic E-state index is 11.7. The quantitative estimate of drug-likeness (QED) is 0.637. The summed E-state index contributed by atoms with van der Waals surface area (Å²) in [6.45, 7) is 7.50. The summed E-state index contributed by atoms with van der Waals surface area (Å²) in [5.41, 5.74) is 5.02. The Kier molecular flexibility index (Phi) is 5.53. The van der Waals surface area contributed by atoms with Gasteiger partial charge in [0.2, 0.25) is 0 Å². The maximum Gasteiger partial charge on any atom is 0.262 e. The zero-order chi connectivity index (χ0) is 20.4. The van der Waals surface area contributed by atoms with Crippen LogP contribution in [-0.4, -0.2) is 17.1 Å². The number of aromatic nitrogens is 1. The van der Waals surface area contributed by atoms with Gasteiger partial charge in [0, 0.05) is 17.5 Å². The second kappa shape index (κ2) is 8.25. The highest BCUT2D eigenvalue weighted by atomic mass is 32.1. The molecule has 0 saturated heterocycles. The Bertz CT molecular complexity index is 1110. The Balaban J connectivity index is 1.78. The third-order valence-electron chi connectivity index (χ3n) is 4.86. The monoisotopic (exact) mass is 407 g/mol. The lowest BCUT2D eigenvalue weighted by Gasteiger charge is -2.19. The summed E-state index contributed by atoms with van der Waals surface area (Å²) < 4.78 is 7.77. The average Bonchev–Trinajstić information content (AvgIpc) is 3.08. The first kappa shape index (κ1) is 19.5. The van der Waals surface area contributed by atoms with Gasteiger partial charge in [-0.3, -0.25) is 4.79 Å². The van der Waals surface area contributed by atoms with E-state index in [4.69, 9.17) is 9.73 Å². The van der Waals surface area contributed by atoms with Crippen LogP contribution in [0.3, 0.4) is 0 Å². The highest BCUT2D eigenvalue weighted by Gasteiger charge is 2.18. The van der Waals surface area contributed by atoms with Crippen molar-refractivity contribution in [1.29, 1.82) is 0 Å². The number of hydrogen-bond acceptors (Lipinski definition) is 4. The largest absolute Gasteiger partial charge is 0.482 e. The van der Waals surface area contributed by atoms with E-state index in [0.29, 0.717) is 11.7 Å². The first-order chi connectivity index (χ1) is 14.0. The molecule has 150 valence electrons. The van der Waals surface area contributed by atoms with Crippen molar-refractivity contribution in [2.24, 2.45) is 10.9 Å². The predicted molar refractivity (Wildman–Crippen MR) is 118 cm³/mol. The van der Waals surface area contributed by atoms with Crippen LogP contribution in [-0.2, 0) is 11.3 Å². The lowest BCUT2D eigenvalue weighted by Crippen LogP contribution is -2.25. The van der Waals surface area contributed by atoms with Crippen LogP contribution < -0.4 is 14.9 Å². The Morgan fingerprint density at radius 1 is 1.24 bits per heavy atom. The number of benzene rings is 2. The fourth-order valence-corrected chi connectivity index (χ4v) is 4.26. The molecule has 3 aromatic rings. The molecule has 1 aliphatic rings. The van der Waals surface area contributed by atoms with E-state index in [2.05, 4.69) is 48.2 Å². The summed E-state index contributed by atoms with van der Waals surface area (Å²) in [4.78, 5) is 17.6. The third-order valence-corrected chi connectivity index (χ3v) is 5.73. The lowest BCUT2D eigenvalue weighted by molar-refractivity contribution is -0.118. The number of anilines is 1. The number of carbonyl (C=O) groups excluding carboxylic acids is 1. The first-order valence-corrected chi connectivity index (χ1v) is 10.7. The van der Waals surface area contributed by atoms with E-state index in [1.54, 1.807) is 11.3 Å². The van der Waals surface area contributed by atoms with Crippen molar-refractivity contribution < 1.29 is 9.53 Å². The highest BCUT2D eigenvalue weighted by molar-refractivity contribution is 7.07. The Morgan fingerprint density at radius 3 is 2.90 bits per heavy atom. The van der Waals surface area contributed by atoms with Crippen LogP contribution in [0.5, 0.6) is 5.75 Å². The maximum atomic E-state index is 11.7. The molecule has 0 spiro atoms. The summed E-state index contributed by atoms with van der Waals surface area (Å²) in [6.07, 6.45) is 1.07. The number of hydrogen-bond donors (Lipinski definition) is 1. The van der Waals surface area contributed by atoms with E-state index >= 15 is 0 Å². The summed E-state index contributed by atoms with van der Waals surface area (Å²) in [6, 6.07) is 14.2. The highest BCUT2D eigenvalue weighted by Crippen LogP contribution is 2.33. The molecular weight excluding hydrogens is 382 g/mol. The molecule has 4 rings (SSSR count). The van der Waals surface area contributed by atoms with Crippen molar-refractivity contribution in [1.82, 2.24) is 4.57 Å². The minimum absolute atomic E-state index is 0.0682. The van der Waals surface area contributed by atoms with Gasteiger partial charge in [-0.05, 0) is 55.2 Å². The summed E-state index contributed by atoms with van der Waals surface area (Å²) in [7, 11) is 0. The number of carbonyl (C=O) groups is 1. The van der Waals surface area contributed by atoms with Crippen LogP contribution in [0.15, 0.2) is 52.8 Å². The Hall–Kier alpha value is -2.86. The molecule has 0 radical (unpaired) electrons. The van der Waals surface area contributed by atoms with Crippen molar-refractivity contribution in [2.45, 2.75) is 33.7 Å². The second-order valence-electron chi connectivity index (χ2n) is 7.74. The molecule has 1 amide bonds. The molecule has 1 N–H and O–H groups in total. The number of amides is 1. The van der Waals surface area contributed by atoms with Crippen molar-refractivity contribution >= 4 is 28.6 Å². The van der Waals surface area contributed by atoms with Gasteiger partial charge in [-0.2, -0.15) is 0 Å². The molecule has 2 heterocycles. The second-order valence-corrected chi connectivity index (χ2v) is 8.57. The van der Waals surface area contributed by atoms with Crippen molar-refractivity contribution in [3.63, 3.8) is 0 Å². The van der Waals surface area contributed by atoms with Crippen LogP contribution >= 0.6 is 11.3 Å². The molecule has 2 aromatic carbocycles. The molecule has 0 fully saturated rings. The molecule has 1 aromatic heterocycles. The van der Waals surface area contributed by atoms with Gasteiger partial charge in [-0.25, -0.2) is 4.99 Å². The first-order valence-electron chi connectivity index (χ1n) is 9.86. The predicted octanol–water partition coefficient (Wildman–Crippen LogP) is 5.13. The fraction of sp³-hybridized carbons (Fsp3) is 0.304. The Labute approximate surface area is 174 Å². The summed E-state index contributed by atoms with van der Waals surface area (Å²) >= 11 is 1.64. The van der Waals surface area contributed by atoms with E-state index in [0.717, 1.165) is 40.4 Å². The van der Waals surface area contributed by atoms with Crippen molar-refractivity contribution in [2.75, 3.05) is 11.9 Å². The van der Waals surface area contributed by atoms with E-state index in [9.17, 15) is 4.79 Å². The standard InChI is InChI=1S/C23H25N3O2S/c1-15(2)9-10-26-20(14-29-23(26)24-18-6-4-5-16(3)11-18)17-7-8-21-19(12-17)25-22(27)13-28-21/h4-8,11-12,14-15H,9-10,13H2,1-3H3,(H,25,27). The molecule has 0 bridgehead atoms. The van der Waals surface area contributed by atoms with Crippen LogP contribution in [0, 0.1) is 12.8 Å². The normalized spacial score (nSPS) is 13.9. The SMILES string of the molecule is Cc1cccc(N=c2scc(-c3ccc4c(c3)NC(=O)CO4)n2CCC(C)C)c1. The number of nitrogens with zero attached hydrogens (tertiary/aromatic N) is 2. The topological polar surface area (TPSA) is 55.6 Å². The van der Waals surface area contributed by atoms with Gasteiger partial charge >= 0.3 is 0 Å². The average molecular weight is 408 g/mol. The van der Waals surface area contributed by atoms with Gasteiger partial charge in [0.1, 0.15) is 5.75 Å². The molecule has 0 unspecified atom stereocenters.